The Morgan fingerprint density at radius 1 is 0.810 bits per heavy atom. The van der Waals surface area contributed by atoms with Crippen LogP contribution in [0.5, 0.6) is 11.5 Å². The van der Waals surface area contributed by atoms with Crippen molar-refractivity contribution in [1.29, 1.82) is 0 Å². The SMILES string of the molecule is CO[C@H]1C[C@@H]2CC[C@@H](C)[C@@](O)(O2)C(=O)C(=O)N2CCCC[C@H]2C(=O)O[C@H]([C@H](C)C[C@@H]2CC[C@@H](OCCO)[C@H](OC)C2)CC(=O)[C@H](C)/C=C(\C)[C@@H](O)[C@@H](OC)C(=O)[C@H](C)C[C@H](C)/C=C/C=C/C=C/1C.Cn1c(Nc2ccc(C(F)(F)F)cc2)nc2cc(Oc3ccnc(-c4ncc(C(F)(F)F)[nH]4)c3)ccc21. The summed E-state index contributed by atoms with van der Waals surface area (Å²) in [6.45, 7) is 12.9. The van der Waals surface area contributed by atoms with E-state index in [9.17, 15) is 65.6 Å². The Kier molecular flexibility index (Phi) is 29.2. The van der Waals surface area contributed by atoms with Crippen LogP contribution in [0.2, 0.25) is 0 Å². The molecule has 2 bridgehead atoms. The molecule has 1 saturated carbocycles. The van der Waals surface area contributed by atoms with Gasteiger partial charge in [0.15, 0.2) is 11.6 Å². The van der Waals surface area contributed by atoms with Crippen LogP contribution in [-0.4, -0.2) is 170 Å². The summed E-state index contributed by atoms with van der Waals surface area (Å²) in [5, 5.41) is 35.8. The highest BCUT2D eigenvalue weighted by Crippen LogP contribution is 2.40. The van der Waals surface area contributed by atoms with Crippen LogP contribution >= 0.6 is 0 Å². The maximum absolute atomic E-state index is 14.5. The highest BCUT2D eigenvalue weighted by molar-refractivity contribution is 6.39. The molecule has 4 aliphatic rings. The number of methoxy groups -OCH3 is 3. The minimum Gasteiger partial charge on any atom is -0.460 e. The topological polar surface area (TPSA) is 285 Å². The first-order valence-electron chi connectivity index (χ1n) is 35.7. The minimum absolute atomic E-state index is 0.0158. The fourth-order valence-electron chi connectivity index (χ4n) is 14.1. The molecule has 574 valence electrons. The Balaban J connectivity index is 0.000000314. The van der Waals surface area contributed by atoms with Crippen LogP contribution in [0.25, 0.3) is 22.6 Å². The van der Waals surface area contributed by atoms with Gasteiger partial charge >= 0.3 is 18.3 Å². The van der Waals surface area contributed by atoms with Gasteiger partial charge in [-0.2, -0.15) is 26.3 Å². The summed E-state index contributed by atoms with van der Waals surface area (Å²) in [6.07, 6.45) is 5.08. The summed E-state index contributed by atoms with van der Waals surface area (Å²) < 4.78 is 120. The Hall–Kier alpha value is -7.96. The van der Waals surface area contributed by atoms with Crippen molar-refractivity contribution in [3.05, 3.63) is 126 Å². The number of esters is 1. The average molecular weight is 1480 g/mol. The Morgan fingerprint density at radius 2 is 1.54 bits per heavy atom. The number of aromatic amines is 1. The Morgan fingerprint density at radius 3 is 2.22 bits per heavy atom. The van der Waals surface area contributed by atoms with E-state index < -0.39 is 101 Å². The number of halogens is 6. The van der Waals surface area contributed by atoms with E-state index in [1.54, 1.807) is 70.9 Å². The molecule has 5 aromatic rings. The maximum atomic E-state index is 14.5. The van der Waals surface area contributed by atoms with E-state index in [0.29, 0.717) is 98.2 Å². The number of fused-ring (bicyclic) bond motifs is 4. The second kappa shape index (κ2) is 37.0. The number of aliphatic hydroxyl groups is 3. The van der Waals surface area contributed by atoms with Crippen LogP contribution in [0, 0.1) is 35.5 Å². The van der Waals surface area contributed by atoms with Crippen LogP contribution in [-0.2, 0) is 71.8 Å². The number of allylic oxidation sites excluding steroid dienone is 6. The molecule has 105 heavy (non-hydrogen) atoms. The van der Waals surface area contributed by atoms with Crippen molar-refractivity contribution in [1.82, 2.24) is 29.4 Å². The number of cyclic esters (lactones) is 1. The number of nitrogens with one attached hydrogen (secondary N) is 2. The van der Waals surface area contributed by atoms with Gasteiger partial charge in [-0.15, -0.1) is 0 Å². The number of alkyl halides is 6. The lowest BCUT2D eigenvalue weighted by Gasteiger charge is -2.42. The first-order valence-corrected chi connectivity index (χ1v) is 35.7. The highest BCUT2D eigenvalue weighted by atomic mass is 19.4. The number of hydrogen-bond acceptors (Lipinski definition) is 19. The summed E-state index contributed by atoms with van der Waals surface area (Å²) in [4.78, 5) is 86.6. The van der Waals surface area contributed by atoms with Gasteiger partial charge in [0.2, 0.25) is 11.7 Å². The molecule has 0 radical (unpaired) electrons. The monoisotopic (exact) mass is 1480 g/mol. The van der Waals surface area contributed by atoms with E-state index in [1.165, 1.54) is 42.5 Å². The fourth-order valence-corrected chi connectivity index (χ4v) is 14.1. The summed E-state index contributed by atoms with van der Waals surface area (Å²) in [7, 11) is 6.33. The number of rotatable bonds is 14. The van der Waals surface area contributed by atoms with Gasteiger partial charge in [-0.3, -0.25) is 24.2 Å². The number of anilines is 2. The summed E-state index contributed by atoms with van der Waals surface area (Å²) in [5.74, 6) is -6.91. The van der Waals surface area contributed by atoms with E-state index in [4.69, 9.17) is 33.2 Å². The third-order valence-electron chi connectivity index (χ3n) is 20.3. The lowest BCUT2D eigenvalue weighted by molar-refractivity contribution is -0.265. The molecule has 6 heterocycles. The second-order valence-corrected chi connectivity index (χ2v) is 28.1. The first kappa shape index (κ1) is 82.7. The number of Topliss-reactive ketones (excluding diaryl/α,β-unsaturated/α-hetero) is 3. The van der Waals surface area contributed by atoms with Crippen molar-refractivity contribution in [2.75, 3.05) is 46.4 Å². The molecule has 0 spiro atoms. The molecule has 2 aromatic carbocycles. The molecule has 3 fully saturated rings. The van der Waals surface area contributed by atoms with Gasteiger partial charge in [-0.25, -0.2) is 14.8 Å². The van der Waals surface area contributed by atoms with E-state index >= 15 is 0 Å². The van der Waals surface area contributed by atoms with Crippen molar-refractivity contribution in [2.24, 2.45) is 42.6 Å². The van der Waals surface area contributed by atoms with Crippen molar-refractivity contribution in [3.63, 3.8) is 0 Å². The van der Waals surface area contributed by atoms with Crippen LogP contribution in [0.3, 0.4) is 0 Å². The molecule has 1 amide bonds. The lowest BCUT2D eigenvalue weighted by Crippen LogP contribution is -2.61. The molecule has 15 atom stereocenters. The molecule has 5 N–H and O–H groups in total. The van der Waals surface area contributed by atoms with Crippen molar-refractivity contribution in [2.45, 2.75) is 192 Å². The molecule has 2 saturated heterocycles. The van der Waals surface area contributed by atoms with Gasteiger partial charge < -0.3 is 68.2 Å². The van der Waals surface area contributed by atoms with Crippen LogP contribution in [0.4, 0.5) is 38.0 Å². The van der Waals surface area contributed by atoms with Crippen LogP contribution in [0.1, 0.15) is 137 Å². The number of carbonyl (C=O) groups is 5. The van der Waals surface area contributed by atoms with Crippen molar-refractivity contribution >= 4 is 51.9 Å². The number of pyridine rings is 1. The smallest absolute Gasteiger partial charge is 0.432 e. The molecular weight excluding hydrogens is 1380 g/mol. The van der Waals surface area contributed by atoms with Crippen LogP contribution < -0.4 is 10.1 Å². The quantitative estimate of drug-likeness (QED) is 0.0299. The zero-order chi connectivity index (χ0) is 76.7. The molecular formula is C77H99F6N7O15. The third kappa shape index (κ3) is 21.7. The predicted molar refractivity (Wildman–Crippen MR) is 378 cm³/mol. The van der Waals surface area contributed by atoms with Gasteiger partial charge in [0.1, 0.15) is 53.0 Å². The summed E-state index contributed by atoms with van der Waals surface area (Å²) >= 11 is 0. The highest BCUT2D eigenvalue weighted by Gasteiger charge is 2.53. The summed E-state index contributed by atoms with van der Waals surface area (Å²) in [5.41, 5.74) is 1.39. The van der Waals surface area contributed by atoms with Crippen molar-refractivity contribution < 1.29 is 98.8 Å². The number of ketones is 3. The Labute approximate surface area is 608 Å². The number of amides is 1. The lowest BCUT2D eigenvalue weighted by atomic mass is 9.78. The number of imidazole rings is 2. The minimum atomic E-state index is -4.56. The molecule has 22 nitrogen and oxygen atoms in total. The Bertz CT molecular complexity index is 3890. The zero-order valence-corrected chi connectivity index (χ0v) is 61.2. The fraction of sp³-hybridized carbons (Fsp3) is 0.558. The molecule has 1 aliphatic carbocycles. The number of aromatic nitrogens is 5. The number of benzene rings is 2. The number of hydrogen-bond donors (Lipinski definition) is 5. The number of H-pyrrole nitrogens is 1. The molecule has 3 aliphatic heterocycles. The summed E-state index contributed by atoms with van der Waals surface area (Å²) in [6, 6.07) is 11.5. The van der Waals surface area contributed by atoms with Gasteiger partial charge in [0, 0.05) is 89.5 Å². The first-order chi connectivity index (χ1) is 49.8. The zero-order valence-electron chi connectivity index (χ0n) is 61.2. The number of ether oxygens (including phenoxy) is 7. The number of carbonyl (C=O) groups excluding carboxylic acids is 5. The molecule has 0 unspecified atom stereocenters. The normalized spacial score (nSPS) is 29.7. The van der Waals surface area contributed by atoms with E-state index in [1.807, 2.05) is 58.1 Å². The number of aryl methyl sites for hydroxylation is 1. The average Bonchev–Trinajstić information content (AvgIpc) is 1.67. The predicted octanol–water partition coefficient (Wildman–Crippen LogP) is 13.1. The second-order valence-electron chi connectivity index (χ2n) is 28.1. The molecule has 3 aromatic heterocycles. The maximum Gasteiger partial charge on any atom is 0.432 e. The number of piperidine rings is 1. The van der Waals surface area contributed by atoms with Crippen LogP contribution in [0.15, 0.2) is 115 Å². The molecule has 28 heteroatoms. The standard InChI is InChI=1S/C53H83NO14.C24H16F6N6O/c1-32-16-12-11-13-17-33(2)44(63-8)30-40-21-19-38(7)53(62,68-40)50(59)51(60)54-23-15-14-18-41(54)52(61)67-45(35(4)28-39-20-22-43(66-25-24-55)46(29-39)64-9)31-42(56)34(3)27-37(6)48(58)49(65-10)47(57)36(5)26-32;1-36-19-7-6-15(10-17(19)34-22(36)33-14-4-2-13(3-5-14)23(25,26)27)37-16-8-9-31-18(11-16)21-32-12-20(35-21)24(28,29)30/h11-13,16-17,27,32,34-36,38-41,43-46,48-49,55,58,62H,14-15,18-26,28-31H2,1-10H3;2-12H,1H3,(H,32,35)(H,33,34)/b13-11+,16-12+,33-17+,37-27+;/t32-,34-,35-,36-,38-,39+,40+,41+,43-,44+,45+,46-,48-,49+,53-;/m1./s1. The van der Waals surface area contributed by atoms with E-state index in [-0.39, 0.29) is 85.6 Å². The van der Waals surface area contributed by atoms with Gasteiger partial charge in [-0.05, 0) is 149 Å². The largest absolute Gasteiger partial charge is 0.460 e. The van der Waals surface area contributed by atoms with E-state index in [0.717, 1.165) is 29.6 Å². The van der Waals surface area contributed by atoms with E-state index in [2.05, 4.69) is 25.3 Å². The van der Waals surface area contributed by atoms with Gasteiger partial charge in [-0.1, -0.05) is 71.1 Å². The van der Waals surface area contributed by atoms with Gasteiger partial charge in [0.25, 0.3) is 11.7 Å². The van der Waals surface area contributed by atoms with Crippen molar-refractivity contribution in [3.8, 4) is 23.0 Å². The molecule has 9 rings (SSSR count). The number of nitrogens with zero attached hydrogens (tertiary/aromatic N) is 5. The third-order valence-corrected chi connectivity index (χ3v) is 20.3. The van der Waals surface area contributed by atoms with Gasteiger partial charge in [0.05, 0.1) is 60.4 Å². The number of aliphatic hydroxyl groups excluding tert-OH is 2.